The zero-order valence-electron chi connectivity index (χ0n) is 15.3. The summed E-state index contributed by atoms with van der Waals surface area (Å²) in [6.45, 7) is 2.59. The van der Waals surface area contributed by atoms with Crippen LogP contribution in [-0.2, 0) is 13.1 Å². The van der Waals surface area contributed by atoms with Crippen molar-refractivity contribution in [2.75, 3.05) is 33.4 Å². The fourth-order valence-corrected chi connectivity index (χ4v) is 3.27. The van der Waals surface area contributed by atoms with Gasteiger partial charge in [0.25, 0.3) is 0 Å². The molecule has 4 nitrogen and oxygen atoms in total. The SMILES string of the molecule is CN=C(NCCSc1ccccc1)NCc1ccccc1CN(C)C. The van der Waals surface area contributed by atoms with Gasteiger partial charge in [-0.05, 0) is 37.4 Å². The Labute approximate surface area is 155 Å². The molecule has 2 rings (SSSR count). The molecule has 0 bridgehead atoms. The van der Waals surface area contributed by atoms with E-state index in [0.717, 1.165) is 31.3 Å². The number of guanidine groups is 1. The summed E-state index contributed by atoms with van der Waals surface area (Å²) in [6.07, 6.45) is 0. The molecular formula is C20H28N4S. The fourth-order valence-electron chi connectivity index (χ4n) is 2.48. The highest BCUT2D eigenvalue weighted by Gasteiger charge is 2.04. The van der Waals surface area contributed by atoms with Crippen LogP contribution in [0.2, 0.25) is 0 Å². The molecule has 0 heterocycles. The van der Waals surface area contributed by atoms with E-state index < -0.39 is 0 Å². The standard InChI is InChI=1S/C20H28N4S/c1-21-20(22-13-14-25-19-11-5-4-6-12-19)23-15-17-9-7-8-10-18(17)16-24(2)3/h4-12H,13-16H2,1-3H3,(H2,21,22,23). The van der Waals surface area contributed by atoms with Crippen LogP contribution in [0.3, 0.4) is 0 Å². The summed E-state index contributed by atoms with van der Waals surface area (Å²) in [5.41, 5.74) is 2.65. The van der Waals surface area contributed by atoms with Gasteiger partial charge in [0, 0.05) is 37.3 Å². The molecule has 0 atom stereocenters. The molecule has 0 aliphatic carbocycles. The minimum Gasteiger partial charge on any atom is -0.356 e. The molecule has 0 fully saturated rings. The van der Waals surface area contributed by atoms with Crippen molar-refractivity contribution in [3.63, 3.8) is 0 Å². The first-order chi connectivity index (χ1) is 12.2. The quantitative estimate of drug-likeness (QED) is 0.330. The zero-order valence-corrected chi connectivity index (χ0v) is 16.1. The van der Waals surface area contributed by atoms with E-state index in [4.69, 9.17) is 0 Å². The Morgan fingerprint density at radius 1 is 0.960 bits per heavy atom. The molecule has 0 spiro atoms. The molecule has 0 aliphatic heterocycles. The molecule has 0 unspecified atom stereocenters. The molecule has 2 aromatic rings. The van der Waals surface area contributed by atoms with Crippen LogP contribution in [0.4, 0.5) is 0 Å². The largest absolute Gasteiger partial charge is 0.356 e. The Balaban J connectivity index is 1.77. The van der Waals surface area contributed by atoms with Crippen molar-refractivity contribution < 1.29 is 0 Å². The van der Waals surface area contributed by atoms with Crippen LogP contribution in [0.1, 0.15) is 11.1 Å². The van der Waals surface area contributed by atoms with Crippen molar-refractivity contribution in [2.24, 2.45) is 4.99 Å². The summed E-state index contributed by atoms with van der Waals surface area (Å²) in [6, 6.07) is 19.0. The van der Waals surface area contributed by atoms with E-state index in [1.54, 1.807) is 0 Å². The van der Waals surface area contributed by atoms with Gasteiger partial charge in [-0.3, -0.25) is 4.99 Å². The predicted octanol–water partition coefficient (Wildman–Crippen LogP) is 3.21. The Kier molecular flexibility index (Phi) is 8.35. The van der Waals surface area contributed by atoms with Crippen LogP contribution >= 0.6 is 11.8 Å². The Morgan fingerprint density at radius 2 is 1.64 bits per heavy atom. The number of hydrogen-bond acceptors (Lipinski definition) is 3. The summed E-state index contributed by atoms with van der Waals surface area (Å²) >= 11 is 1.85. The third kappa shape index (κ3) is 7.20. The Hall–Kier alpha value is -1.98. The van der Waals surface area contributed by atoms with Crippen molar-refractivity contribution in [1.82, 2.24) is 15.5 Å². The maximum absolute atomic E-state index is 4.31. The zero-order chi connectivity index (χ0) is 17.9. The number of nitrogens with zero attached hydrogens (tertiary/aromatic N) is 2. The van der Waals surface area contributed by atoms with E-state index in [2.05, 4.69) is 83.2 Å². The van der Waals surface area contributed by atoms with Gasteiger partial charge in [0.1, 0.15) is 0 Å². The van der Waals surface area contributed by atoms with Crippen LogP contribution in [-0.4, -0.2) is 44.3 Å². The molecule has 0 saturated carbocycles. The van der Waals surface area contributed by atoms with Gasteiger partial charge < -0.3 is 15.5 Å². The fraction of sp³-hybridized carbons (Fsp3) is 0.350. The van der Waals surface area contributed by atoms with Crippen molar-refractivity contribution in [2.45, 2.75) is 18.0 Å². The topological polar surface area (TPSA) is 39.7 Å². The Morgan fingerprint density at radius 3 is 2.32 bits per heavy atom. The van der Waals surface area contributed by atoms with Crippen LogP contribution in [0.5, 0.6) is 0 Å². The van der Waals surface area contributed by atoms with Gasteiger partial charge in [0.15, 0.2) is 5.96 Å². The number of hydrogen-bond donors (Lipinski definition) is 2. The maximum Gasteiger partial charge on any atom is 0.191 e. The average Bonchev–Trinajstić information content (AvgIpc) is 2.62. The van der Waals surface area contributed by atoms with Gasteiger partial charge in [0.2, 0.25) is 0 Å². The molecule has 0 saturated heterocycles. The van der Waals surface area contributed by atoms with Gasteiger partial charge >= 0.3 is 0 Å². The van der Waals surface area contributed by atoms with Gasteiger partial charge in [-0.2, -0.15) is 0 Å². The van der Waals surface area contributed by atoms with E-state index in [0.29, 0.717) is 0 Å². The second-order valence-electron chi connectivity index (χ2n) is 6.02. The minimum atomic E-state index is 0.773. The molecule has 0 radical (unpaired) electrons. The predicted molar refractivity (Wildman–Crippen MR) is 109 cm³/mol. The number of benzene rings is 2. The molecule has 0 aromatic heterocycles. The first-order valence-corrected chi connectivity index (χ1v) is 9.51. The molecule has 0 amide bonds. The first-order valence-electron chi connectivity index (χ1n) is 8.53. The van der Waals surface area contributed by atoms with Gasteiger partial charge in [0.05, 0.1) is 0 Å². The molecule has 134 valence electrons. The molecule has 5 heteroatoms. The summed E-state index contributed by atoms with van der Waals surface area (Å²) < 4.78 is 0. The van der Waals surface area contributed by atoms with Crippen LogP contribution in [0, 0.1) is 0 Å². The van der Waals surface area contributed by atoms with Crippen molar-refractivity contribution in [1.29, 1.82) is 0 Å². The molecular weight excluding hydrogens is 328 g/mol. The maximum atomic E-state index is 4.31. The van der Waals surface area contributed by atoms with Crippen molar-refractivity contribution >= 4 is 17.7 Å². The first kappa shape index (κ1) is 19.3. The molecule has 2 aromatic carbocycles. The van der Waals surface area contributed by atoms with E-state index in [9.17, 15) is 0 Å². The third-order valence-corrected chi connectivity index (χ3v) is 4.70. The summed E-state index contributed by atoms with van der Waals surface area (Å²) in [7, 11) is 6.00. The highest BCUT2D eigenvalue weighted by Crippen LogP contribution is 2.15. The van der Waals surface area contributed by atoms with Crippen LogP contribution in [0.25, 0.3) is 0 Å². The monoisotopic (exact) mass is 356 g/mol. The number of rotatable bonds is 8. The lowest BCUT2D eigenvalue weighted by Gasteiger charge is -2.16. The normalized spacial score (nSPS) is 11.6. The average molecular weight is 357 g/mol. The van der Waals surface area contributed by atoms with Gasteiger partial charge in [-0.15, -0.1) is 11.8 Å². The smallest absolute Gasteiger partial charge is 0.191 e. The van der Waals surface area contributed by atoms with E-state index >= 15 is 0 Å². The third-order valence-electron chi connectivity index (χ3n) is 3.68. The number of aliphatic imine (C=N–C) groups is 1. The summed E-state index contributed by atoms with van der Waals surface area (Å²) in [4.78, 5) is 7.80. The molecule has 2 N–H and O–H groups in total. The van der Waals surface area contributed by atoms with E-state index in [1.165, 1.54) is 16.0 Å². The lowest BCUT2D eigenvalue weighted by molar-refractivity contribution is 0.400. The minimum absolute atomic E-state index is 0.773. The molecule has 25 heavy (non-hydrogen) atoms. The van der Waals surface area contributed by atoms with Crippen molar-refractivity contribution in [3.8, 4) is 0 Å². The summed E-state index contributed by atoms with van der Waals surface area (Å²) in [5, 5.41) is 6.79. The van der Waals surface area contributed by atoms with Gasteiger partial charge in [-0.25, -0.2) is 0 Å². The molecule has 0 aliphatic rings. The highest BCUT2D eigenvalue weighted by molar-refractivity contribution is 7.99. The highest BCUT2D eigenvalue weighted by atomic mass is 32.2. The van der Waals surface area contributed by atoms with E-state index in [1.807, 2.05) is 24.9 Å². The van der Waals surface area contributed by atoms with E-state index in [-0.39, 0.29) is 0 Å². The van der Waals surface area contributed by atoms with Crippen molar-refractivity contribution in [3.05, 3.63) is 65.7 Å². The number of nitrogens with one attached hydrogen (secondary N) is 2. The lowest BCUT2D eigenvalue weighted by Crippen LogP contribution is -2.38. The van der Waals surface area contributed by atoms with Crippen LogP contribution < -0.4 is 10.6 Å². The lowest BCUT2D eigenvalue weighted by atomic mass is 10.1. The Bertz CT molecular complexity index is 656. The second-order valence-corrected chi connectivity index (χ2v) is 7.19. The number of thioether (sulfide) groups is 1. The van der Waals surface area contributed by atoms with Crippen LogP contribution in [0.15, 0.2) is 64.5 Å². The van der Waals surface area contributed by atoms with Gasteiger partial charge in [-0.1, -0.05) is 42.5 Å². The second kappa shape index (κ2) is 10.8. The summed E-state index contributed by atoms with van der Waals surface area (Å²) in [5.74, 6) is 1.84.